The topological polar surface area (TPSA) is 38.3 Å². The van der Waals surface area contributed by atoms with Gasteiger partial charge in [-0.3, -0.25) is 0 Å². The second kappa shape index (κ2) is 7.25. The number of hydrogen-bond acceptors (Lipinski definition) is 2. The van der Waals surface area contributed by atoms with Crippen molar-refractivity contribution in [1.82, 2.24) is 4.72 Å². The summed E-state index contributed by atoms with van der Waals surface area (Å²) in [6.45, 7) is 5.94. The van der Waals surface area contributed by atoms with Crippen molar-refractivity contribution in [3.05, 3.63) is 54.1 Å². The molecule has 2 atom stereocenters. The van der Waals surface area contributed by atoms with Gasteiger partial charge in [-0.05, 0) is 44.9 Å². The summed E-state index contributed by atoms with van der Waals surface area (Å²) in [7, 11) is 0.533. The standard InChI is InChI=1S/C18H25NO2S/c1-18(2,3)22(20)19-17(14-8-6-5-7-9-14)15-10-12-16(21-4)13-11-15/h6-14,17,19H,5H2,1-4H3/t17-,22-/m0/s1. The van der Waals surface area contributed by atoms with E-state index in [1.54, 1.807) is 7.11 Å². The largest absolute Gasteiger partial charge is 0.497 e. The summed E-state index contributed by atoms with van der Waals surface area (Å²) in [4.78, 5) is 0. The van der Waals surface area contributed by atoms with Crippen molar-refractivity contribution in [2.45, 2.75) is 38.0 Å². The summed E-state index contributed by atoms with van der Waals surface area (Å²) in [6.07, 6.45) is 9.64. The van der Waals surface area contributed by atoms with E-state index in [0.717, 1.165) is 17.7 Å². The van der Waals surface area contributed by atoms with Crippen LogP contribution in [0.15, 0.2) is 48.6 Å². The van der Waals surface area contributed by atoms with Gasteiger partial charge in [-0.2, -0.15) is 0 Å². The molecule has 0 fully saturated rings. The zero-order valence-electron chi connectivity index (χ0n) is 13.7. The molecule has 0 aliphatic heterocycles. The van der Waals surface area contributed by atoms with E-state index in [1.165, 1.54) is 0 Å². The molecule has 0 radical (unpaired) electrons. The summed E-state index contributed by atoms with van der Waals surface area (Å²) >= 11 is 0. The first-order chi connectivity index (χ1) is 10.4. The molecule has 0 saturated carbocycles. The molecule has 1 aromatic carbocycles. The Bertz CT molecular complexity index is 558. The quantitative estimate of drug-likeness (QED) is 0.835. The Balaban J connectivity index is 2.27. The molecule has 0 unspecified atom stereocenters. The smallest absolute Gasteiger partial charge is 0.118 e. The molecule has 120 valence electrons. The van der Waals surface area contributed by atoms with Crippen LogP contribution in [-0.2, 0) is 11.0 Å². The Morgan fingerprint density at radius 1 is 1.18 bits per heavy atom. The van der Waals surface area contributed by atoms with E-state index in [4.69, 9.17) is 4.74 Å². The van der Waals surface area contributed by atoms with Gasteiger partial charge in [0, 0.05) is 5.92 Å². The first kappa shape index (κ1) is 17.0. The number of methoxy groups -OCH3 is 1. The molecule has 0 bridgehead atoms. The van der Waals surface area contributed by atoms with E-state index < -0.39 is 11.0 Å². The van der Waals surface area contributed by atoms with Crippen molar-refractivity contribution >= 4 is 11.0 Å². The Morgan fingerprint density at radius 2 is 1.77 bits per heavy atom. The Kier molecular flexibility index (Phi) is 5.59. The second-order valence-corrected chi connectivity index (χ2v) is 8.42. The van der Waals surface area contributed by atoms with Gasteiger partial charge in [-0.15, -0.1) is 0 Å². The van der Waals surface area contributed by atoms with E-state index in [-0.39, 0.29) is 16.7 Å². The fourth-order valence-electron chi connectivity index (χ4n) is 2.31. The molecule has 2 rings (SSSR count). The maximum atomic E-state index is 12.5. The van der Waals surface area contributed by atoms with Crippen LogP contribution >= 0.6 is 0 Å². The number of benzene rings is 1. The lowest BCUT2D eigenvalue weighted by atomic mass is 9.90. The summed E-state index contributed by atoms with van der Waals surface area (Å²) < 4.78 is 20.8. The van der Waals surface area contributed by atoms with Gasteiger partial charge in [0.2, 0.25) is 0 Å². The first-order valence-corrected chi connectivity index (χ1v) is 8.72. The van der Waals surface area contributed by atoms with Crippen LogP contribution in [0, 0.1) is 5.92 Å². The van der Waals surface area contributed by atoms with Gasteiger partial charge in [0.15, 0.2) is 0 Å². The molecule has 22 heavy (non-hydrogen) atoms. The lowest BCUT2D eigenvalue weighted by molar-refractivity contribution is 0.414. The van der Waals surface area contributed by atoms with Crippen molar-refractivity contribution < 1.29 is 8.95 Å². The van der Waals surface area contributed by atoms with E-state index in [1.807, 2.05) is 45.0 Å². The third-order valence-corrected chi connectivity index (χ3v) is 5.22. The monoisotopic (exact) mass is 319 g/mol. The Morgan fingerprint density at radius 3 is 2.27 bits per heavy atom. The van der Waals surface area contributed by atoms with Gasteiger partial charge < -0.3 is 4.74 Å². The van der Waals surface area contributed by atoms with Crippen LogP contribution in [0.25, 0.3) is 0 Å². The molecule has 1 aliphatic carbocycles. The van der Waals surface area contributed by atoms with Gasteiger partial charge in [-0.25, -0.2) is 8.93 Å². The maximum absolute atomic E-state index is 12.5. The minimum atomic E-state index is -1.13. The Labute approximate surface area is 136 Å². The predicted molar refractivity (Wildman–Crippen MR) is 93.2 cm³/mol. The number of hydrogen-bond donors (Lipinski definition) is 1. The Hall–Kier alpha value is -1.39. The number of rotatable bonds is 5. The van der Waals surface area contributed by atoms with Crippen molar-refractivity contribution in [2.24, 2.45) is 5.92 Å². The number of allylic oxidation sites excluding steroid dienone is 2. The summed E-state index contributed by atoms with van der Waals surface area (Å²) in [5.74, 6) is 1.03. The zero-order valence-corrected chi connectivity index (χ0v) is 14.5. The van der Waals surface area contributed by atoms with E-state index in [2.05, 4.69) is 29.0 Å². The normalized spacial score (nSPS) is 18.2. The van der Waals surface area contributed by atoms with Crippen LogP contribution in [0.5, 0.6) is 5.75 Å². The summed E-state index contributed by atoms with van der Waals surface area (Å²) in [5.41, 5.74) is 1.11. The minimum Gasteiger partial charge on any atom is -0.497 e. The van der Waals surface area contributed by atoms with Crippen LogP contribution in [0.3, 0.4) is 0 Å². The van der Waals surface area contributed by atoms with Crippen molar-refractivity contribution in [3.63, 3.8) is 0 Å². The van der Waals surface area contributed by atoms with Gasteiger partial charge in [0.1, 0.15) is 5.75 Å². The predicted octanol–water partition coefficient (Wildman–Crippen LogP) is 3.92. The molecule has 1 aliphatic rings. The highest BCUT2D eigenvalue weighted by molar-refractivity contribution is 7.84. The van der Waals surface area contributed by atoms with E-state index in [0.29, 0.717) is 0 Å². The number of nitrogens with one attached hydrogen (secondary N) is 1. The van der Waals surface area contributed by atoms with Crippen LogP contribution in [0.4, 0.5) is 0 Å². The molecule has 4 heteroatoms. The van der Waals surface area contributed by atoms with Gasteiger partial charge >= 0.3 is 0 Å². The van der Waals surface area contributed by atoms with Crippen LogP contribution < -0.4 is 9.46 Å². The summed E-state index contributed by atoms with van der Waals surface area (Å²) in [5, 5.41) is 0. The highest BCUT2D eigenvalue weighted by atomic mass is 32.2. The fourth-order valence-corrected chi connectivity index (χ4v) is 3.19. The van der Waals surface area contributed by atoms with Gasteiger partial charge in [0.25, 0.3) is 0 Å². The molecular weight excluding hydrogens is 294 g/mol. The van der Waals surface area contributed by atoms with Crippen molar-refractivity contribution in [2.75, 3.05) is 7.11 Å². The lowest BCUT2D eigenvalue weighted by Crippen LogP contribution is -2.38. The highest BCUT2D eigenvalue weighted by Gasteiger charge is 2.27. The maximum Gasteiger partial charge on any atom is 0.118 e. The molecule has 0 amide bonds. The molecule has 0 heterocycles. The third kappa shape index (κ3) is 4.31. The van der Waals surface area contributed by atoms with Crippen LogP contribution in [-0.4, -0.2) is 16.1 Å². The second-order valence-electron chi connectivity index (χ2n) is 6.42. The molecule has 1 N–H and O–H groups in total. The van der Waals surface area contributed by atoms with E-state index in [9.17, 15) is 4.21 Å². The highest BCUT2D eigenvalue weighted by Crippen LogP contribution is 2.29. The summed E-state index contributed by atoms with van der Waals surface area (Å²) in [6, 6.07) is 7.94. The average molecular weight is 319 g/mol. The molecule has 3 nitrogen and oxygen atoms in total. The van der Waals surface area contributed by atoms with Crippen molar-refractivity contribution in [1.29, 1.82) is 0 Å². The minimum absolute atomic E-state index is 0.0150. The third-order valence-electron chi connectivity index (χ3n) is 3.64. The van der Waals surface area contributed by atoms with Crippen LogP contribution in [0.1, 0.15) is 38.8 Å². The molecule has 1 aromatic rings. The fraction of sp³-hybridized carbons (Fsp3) is 0.444. The zero-order chi connectivity index (χ0) is 16.2. The lowest BCUT2D eigenvalue weighted by Gasteiger charge is -2.28. The first-order valence-electron chi connectivity index (χ1n) is 7.57. The number of ether oxygens (including phenoxy) is 1. The van der Waals surface area contributed by atoms with E-state index >= 15 is 0 Å². The SMILES string of the molecule is COc1ccc([C@@H](N[S@@](=O)C(C)(C)C)C2C=CCC=C2)cc1. The van der Waals surface area contributed by atoms with Crippen molar-refractivity contribution in [3.8, 4) is 5.75 Å². The molecule has 0 aromatic heterocycles. The van der Waals surface area contributed by atoms with Crippen LogP contribution in [0.2, 0.25) is 0 Å². The molecule has 0 spiro atoms. The average Bonchev–Trinajstić information content (AvgIpc) is 2.52. The van der Waals surface area contributed by atoms with Gasteiger partial charge in [0.05, 0.1) is 28.9 Å². The molecular formula is C18H25NO2S. The molecule has 0 saturated heterocycles. The van der Waals surface area contributed by atoms with Gasteiger partial charge in [-0.1, -0.05) is 36.4 Å².